The Balaban J connectivity index is 1.89. The molecule has 0 saturated carbocycles. The molecule has 3 rings (SSSR count). The lowest BCUT2D eigenvalue weighted by Gasteiger charge is -2.50. The Kier molecular flexibility index (Phi) is 6.18. The van der Waals surface area contributed by atoms with E-state index in [1.807, 2.05) is 0 Å². The van der Waals surface area contributed by atoms with Crippen LogP contribution in [0.4, 0.5) is 0 Å². The maximum Gasteiger partial charge on any atom is 0.337 e. The van der Waals surface area contributed by atoms with Gasteiger partial charge in [0.2, 0.25) is 6.29 Å². The number of aliphatic hydroxyl groups excluding tert-OH is 4. The summed E-state index contributed by atoms with van der Waals surface area (Å²) in [4.78, 5) is 24.3. The molecule has 0 amide bonds. The summed E-state index contributed by atoms with van der Waals surface area (Å²) < 4.78 is 26.8. The molecule has 164 valence electrons. The third kappa shape index (κ3) is 3.74. The van der Waals surface area contributed by atoms with Gasteiger partial charge in [-0.1, -0.05) is 6.92 Å². The SMILES string of the molecule is COC(=O)C1=COC(OC2OC(CO)C(O)C(O)C2O)C2C(C)OC(=O)CC12C. The Morgan fingerprint density at radius 2 is 1.93 bits per heavy atom. The number of methoxy groups -OCH3 is 1. The second kappa shape index (κ2) is 8.17. The van der Waals surface area contributed by atoms with Gasteiger partial charge in [0.1, 0.15) is 30.5 Å². The van der Waals surface area contributed by atoms with Gasteiger partial charge in [-0.3, -0.25) is 4.79 Å². The molecule has 0 radical (unpaired) electrons. The number of fused-ring (bicyclic) bond motifs is 1. The fourth-order valence-corrected chi connectivity index (χ4v) is 4.23. The van der Waals surface area contributed by atoms with Gasteiger partial charge in [-0.25, -0.2) is 4.79 Å². The van der Waals surface area contributed by atoms with E-state index >= 15 is 0 Å². The Hall–Kier alpha value is -1.76. The molecule has 3 aliphatic rings. The van der Waals surface area contributed by atoms with Crippen molar-refractivity contribution in [2.75, 3.05) is 13.7 Å². The Bertz CT molecular complexity index is 677. The van der Waals surface area contributed by atoms with Crippen molar-refractivity contribution in [3.8, 4) is 0 Å². The first-order chi connectivity index (χ1) is 13.6. The minimum atomic E-state index is -1.63. The van der Waals surface area contributed by atoms with Crippen molar-refractivity contribution in [3.63, 3.8) is 0 Å². The summed E-state index contributed by atoms with van der Waals surface area (Å²) in [6, 6.07) is 0. The van der Waals surface area contributed by atoms with Crippen molar-refractivity contribution in [2.45, 2.75) is 63.4 Å². The highest BCUT2D eigenvalue weighted by Crippen LogP contribution is 2.50. The van der Waals surface area contributed by atoms with E-state index in [-0.39, 0.29) is 12.0 Å². The van der Waals surface area contributed by atoms with E-state index in [2.05, 4.69) is 0 Å². The minimum absolute atomic E-state index is 0.124. The van der Waals surface area contributed by atoms with E-state index in [9.17, 15) is 30.0 Å². The number of cyclic esters (lactones) is 1. The highest BCUT2D eigenvalue weighted by atomic mass is 16.8. The molecular formula is C18H26O11. The molecule has 4 N–H and O–H groups in total. The Morgan fingerprint density at radius 1 is 1.24 bits per heavy atom. The van der Waals surface area contributed by atoms with Gasteiger partial charge in [0.05, 0.1) is 37.9 Å². The lowest BCUT2D eigenvalue weighted by molar-refractivity contribution is -0.349. The molecule has 0 bridgehead atoms. The molecule has 2 saturated heterocycles. The second-order valence-electron chi connectivity index (χ2n) is 7.68. The molecule has 0 aromatic carbocycles. The van der Waals surface area contributed by atoms with Gasteiger partial charge in [0.15, 0.2) is 6.29 Å². The quantitative estimate of drug-likeness (QED) is 0.380. The van der Waals surface area contributed by atoms with Crippen LogP contribution >= 0.6 is 0 Å². The van der Waals surface area contributed by atoms with E-state index in [1.165, 1.54) is 7.11 Å². The predicted molar refractivity (Wildman–Crippen MR) is 91.6 cm³/mol. The number of hydrogen-bond donors (Lipinski definition) is 4. The summed E-state index contributed by atoms with van der Waals surface area (Å²) in [6.45, 7) is 2.69. The molecule has 9 atom stereocenters. The first kappa shape index (κ1) is 21.9. The standard InChI is InChI=1S/C18H26O11/c1-7-11-16(29-17-14(23)13(22)12(21)9(5-19)28-17)26-6-8(15(24)25-3)18(11,2)4-10(20)27-7/h6-7,9,11-14,16-17,19,21-23H,4-5H2,1-3H3. The van der Waals surface area contributed by atoms with Crippen LogP contribution in [-0.4, -0.2) is 89.2 Å². The molecular weight excluding hydrogens is 392 g/mol. The third-order valence-corrected chi connectivity index (χ3v) is 5.82. The zero-order chi connectivity index (χ0) is 21.5. The number of carbonyl (C=O) groups is 2. The van der Waals surface area contributed by atoms with E-state index in [1.54, 1.807) is 13.8 Å². The monoisotopic (exact) mass is 418 g/mol. The lowest BCUT2D eigenvalue weighted by atomic mass is 9.64. The summed E-state index contributed by atoms with van der Waals surface area (Å²) in [5.74, 6) is -1.84. The fraction of sp³-hybridized carbons (Fsp3) is 0.778. The number of esters is 2. The molecule has 11 heteroatoms. The number of carbonyl (C=O) groups excluding carboxylic acids is 2. The summed E-state index contributed by atoms with van der Waals surface area (Å²) in [6.07, 6.45) is -8.22. The number of ether oxygens (including phenoxy) is 5. The molecule has 9 unspecified atom stereocenters. The van der Waals surface area contributed by atoms with Crippen molar-refractivity contribution < 1.29 is 53.7 Å². The topological polar surface area (TPSA) is 161 Å². The van der Waals surface area contributed by atoms with Crippen LogP contribution in [0.5, 0.6) is 0 Å². The van der Waals surface area contributed by atoms with Crippen molar-refractivity contribution in [1.29, 1.82) is 0 Å². The van der Waals surface area contributed by atoms with Crippen molar-refractivity contribution in [3.05, 3.63) is 11.8 Å². The molecule has 3 aliphatic heterocycles. The van der Waals surface area contributed by atoms with Crippen molar-refractivity contribution in [2.24, 2.45) is 11.3 Å². The third-order valence-electron chi connectivity index (χ3n) is 5.82. The normalized spacial score (nSPS) is 44.8. The van der Waals surface area contributed by atoms with E-state index < -0.39 is 73.0 Å². The number of hydrogen-bond acceptors (Lipinski definition) is 11. The van der Waals surface area contributed by atoms with Gasteiger partial charge < -0.3 is 44.1 Å². The van der Waals surface area contributed by atoms with Crippen LogP contribution < -0.4 is 0 Å². The number of aliphatic hydroxyl groups is 4. The summed E-state index contributed by atoms with van der Waals surface area (Å²) in [5, 5.41) is 39.4. The van der Waals surface area contributed by atoms with E-state index in [0.717, 1.165) is 6.26 Å². The van der Waals surface area contributed by atoms with Crippen LogP contribution in [0.15, 0.2) is 11.8 Å². The van der Waals surface area contributed by atoms with Crippen molar-refractivity contribution in [1.82, 2.24) is 0 Å². The molecule has 11 nitrogen and oxygen atoms in total. The van der Waals surface area contributed by atoms with Crippen LogP contribution in [0.25, 0.3) is 0 Å². The smallest absolute Gasteiger partial charge is 0.337 e. The first-order valence-corrected chi connectivity index (χ1v) is 9.24. The molecule has 29 heavy (non-hydrogen) atoms. The van der Waals surface area contributed by atoms with Crippen molar-refractivity contribution >= 4 is 11.9 Å². The average molecular weight is 418 g/mol. The summed E-state index contributed by atoms with van der Waals surface area (Å²) >= 11 is 0. The average Bonchev–Trinajstić information content (AvgIpc) is 2.66. The summed E-state index contributed by atoms with van der Waals surface area (Å²) in [7, 11) is 1.21. The predicted octanol–water partition coefficient (Wildman–Crippen LogP) is -1.83. The van der Waals surface area contributed by atoms with Crippen LogP contribution in [0, 0.1) is 11.3 Å². The van der Waals surface area contributed by atoms with Gasteiger partial charge >= 0.3 is 11.9 Å². The van der Waals surface area contributed by atoms with Gasteiger partial charge in [-0.2, -0.15) is 0 Å². The van der Waals surface area contributed by atoms with Gasteiger partial charge in [-0.05, 0) is 6.92 Å². The van der Waals surface area contributed by atoms with Gasteiger partial charge in [0, 0.05) is 5.41 Å². The van der Waals surface area contributed by atoms with Gasteiger partial charge in [-0.15, -0.1) is 0 Å². The zero-order valence-electron chi connectivity index (χ0n) is 16.3. The Morgan fingerprint density at radius 3 is 2.55 bits per heavy atom. The molecule has 0 aromatic heterocycles. The number of rotatable bonds is 4. The second-order valence-corrected chi connectivity index (χ2v) is 7.68. The van der Waals surface area contributed by atoms with E-state index in [0.29, 0.717) is 0 Å². The minimum Gasteiger partial charge on any atom is -0.471 e. The highest BCUT2D eigenvalue weighted by Gasteiger charge is 2.58. The van der Waals surface area contributed by atoms with Crippen LogP contribution in [0.1, 0.15) is 20.3 Å². The zero-order valence-corrected chi connectivity index (χ0v) is 16.3. The maximum absolute atomic E-state index is 12.2. The molecule has 0 aliphatic carbocycles. The van der Waals surface area contributed by atoms with Gasteiger partial charge in [0.25, 0.3) is 0 Å². The Labute approximate surface area is 166 Å². The first-order valence-electron chi connectivity index (χ1n) is 9.24. The molecule has 2 fully saturated rings. The highest BCUT2D eigenvalue weighted by molar-refractivity contribution is 5.91. The molecule has 3 heterocycles. The summed E-state index contributed by atoms with van der Waals surface area (Å²) in [5.41, 5.74) is -0.902. The molecule has 0 spiro atoms. The van der Waals surface area contributed by atoms with Crippen LogP contribution in [0.3, 0.4) is 0 Å². The largest absolute Gasteiger partial charge is 0.471 e. The van der Waals surface area contributed by atoms with Crippen LogP contribution in [0.2, 0.25) is 0 Å². The maximum atomic E-state index is 12.2. The molecule has 0 aromatic rings. The van der Waals surface area contributed by atoms with E-state index in [4.69, 9.17) is 23.7 Å². The van der Waals surface area contributed by atoms with Crippen LogP contribution in [-0.2, 0) is 33.3 Å². The lowest BCUT2D eigenvalue weighted by Crippen LogP contribution is -2.62. The fourth-order valence-electron chi connectivity index (χ4n) is 4.23.